The second-order valence-corrected chi connectivity index (χ2v) is 6.73. The van der Waals surface area contributed by atoms with Crippen LogP contribution in [0.15, 0.2) is 60.8 Å². The fraction of sp³-hybridized carbons (Fsp3) is 0.118. The summed E-state index contributed by atoms with van der Waals surface area (Å²) >= 11 is 0. The molecular weight excluding hydrogens is 298 g/mol. The quantitative estimate of drug-likeness (QED) is 0.863. The molecule has 0 radical (unpaired) electrons. The molecule has 0 aromatic heterocycles. The number of Topliss-reactive ketones (excluding diaryl/α,β-unsaturated/α-hetero) is 1. The van der Waals surface area contributed by atoms with Crippen molar-refractivity contribution in [1.29, 1.82) is 0 Å². The highest BCUT2D eigenvalue weighted by Crippen LogP contribution is 2.23. The van der Waals surface area contributed by atoms with Crippen LogP contribution in [-0.2, 0) is 10.0 Å². The highest BCUT2D eigenvalue weighted by Gasteiger charge is 2.08. The Kier molecular flexibility index (Phi) is 4.78. The summed E-state index contributed by atoms with van der Waals surface area (Å²) in [5.74, 6) is -0.0367. The Morgan fingerprint density at radius 2 is 1.55 bits per heavy atom. The van der Waals surface area contributed by atoms with Crippen molar-refractivity contribution in [1.82, 2.24) is 4.72 Å². The molecule has 0 unspecified atom stereocenters. The van der Waals surface area contributed by atoms with Crippen LogP contribution in [0, 0.1) is 0 Å². The SMILES string of the molecule is CC(=O)c1cccc(/C(=C\NS(C)(=O)=O)c2ccccc2)c1. The Morgan fingerprint density at radius 1 is 0.955 bits per heavy atom. The Hall–Kier alpha value is -2.40. The van der Waals surface area contributed by atoms with E-state index in [-0.39, 0.29) is 5.78 Å². The Bertz CT molecular complexity index is 809. The Morgan fingerprint density at radius 3 is 2.14 bits per heavy atom. The van der Waals surface area contributed by atoms with Gasteiger partial charge >= 0.3 is 0 Å². The first-order valence-electron chi connectivity index (χ1n) is 6.71. The molecule has 2 rings (SSSR count). The van der Waals surface area contributed by atoms with Gasteiger partial charge in [-0.1, -0.05) is 48.5 Å². The van der Waals surface area contributed by atoms with Crippen molar-refractivity contribution in [2.24, 2.45) is 0 Å². The first-order valence-corrected chi connectivity index (χ1v) is 8.60. The number of ketones is 1. The summed E-state index contributed by atoms with van der Waals surface area (Å²) in [6.45, 7) is 1.50. The third-order valence-corrected chi connectivity index (χ3v) is 3.63. The lowest BCUT2D eigenvalue weighted by molar-refractivity contribution is 0.101. The van der Waals surface area contributed by atoms with Crippen LogP contribution >= 0.6 is 0 Å². The minimum Gasteiger partial charge on any atom is -0.295 e. The largest absolute Gasteiger partial charge is 0.295 e. The number of hydrogen-bond acceptors (Lipinski definition) is 3. The van der Waals surface area contributed by atoms with Gasteiger partial charge in [0.05, 0.1) is 6.26 Å². The molecule has 0 aliphatic carbocycles. The fourth-order valence-electron chi connectivity index (χ4n) is 2.02. The van der Waals surface area contributed by atoms with Gasteiger partial charge in [0, 0.05) is 17.3 Å². The normalized spacial score (nSPS) is 12.0. The van der Waals surface area contributed by atoms with Crippen LogP contribution in [0.2, 0.25) is 0 Å². The van der Waals surface area contributed by atoms with E-state index in [1.807, 2.05) is 36.4 Å². The Labute approximate surface area is 130 Å². The molecule has 0 amide bonds. The molecule has 0 atom stereocenters. The standard InChI is InChI=1S/C17H17NO3S/c1-13(19)15-9-6-10-16(11-15)17(12-18-22(2,20)21)14-7-4-3-5-8-14/h3-12,18H,1-2H3/b17-12-. The molecule has 22 heavy (non-hydrogen) atoms. The zero-order valence-corrected chi connectivity index (χ0v) is 13.2. The maximum atomic E-state index is 11.5. The summed E-state index contributed by atoms with van der Waals surface area (Å²) in [7, 11) is -3.35. The minimum atomic E-state index is -3.35. The summed E-state index contributed by atoms with van der Waals surface area (Å²) < 4.78 is 25.1. The second-order valence-electron chi connectivity index (χ2n) is 4.95. The van der Waals surface area contributed by atoms with Gasteiger partial charge in [0.2, 0.25) is 10.0 Å². The maximum absolute atomic E-state index is 11.5. The van der Waals surface area contributed by atoms with Gasteiger partial charge in [-0.05, 0) is 24.1 Å². The van der Waals surface area contributed by atoms with Gasteiger partial charge < -0.3 is 0 Å². The van der Waals surface area contributed by atoms with Gasteiger partial charge in [0.25, 0.3) is 0 Å². The van der Waals surface area contributed by atoms with E-state index in [4.69, 9.17) is 0 Å². The zero-order valence-electron chi connectivity index (χ0n) is 12.4. The van der Waals surface area contributed by atoms with Crippen molar-refractivity contribution in [2.45, 2.75) is 6.92 Å². The monoisotopic (exact) mass is 315 g/mol. The number of sulfonamides is 1. The molecule has 1 N–H and O–H groups in total. The first-order chi connectivity index (χ1) is 10.4. The van der Waals surface area contributed by atoms with Crippen LogP contribution in [0.4, 0.5) is 0 Å². The molecule has 4 nitrogen and oxygen atoms in total. The third kappa shape index (κ3) is 4.30. The molecule has 0 aliphatic rings. The molecule has 0 saturated heterocycles. The van der Waals surface area contributed by atoms with Gasteiger partial charge in [0.1, 0.15) is 0 Å². The van der Waals surface area contributed by atoms with Crippen molar-refractivity contribution in [2.75, 3.05) is 6.26 Å². The molecule has 114 valence electrons. The number of carbonyl (C=O) groups excluding carboxylic acids is 1. The molecule has 5 heteroatoms. The van der Waals surface area contributed by atoms with Crippen molar-refractivity contribution >= 4 is 21.4 Å². The predicted octanol–water partition coefficient (Wildman–Crippen LogP) is 2.83. The molecule has 0 aliphatic heterocycles. The van der Waals surface area contributed by atoms with Crippen LogP contribution in [0.25, 0.3) is 5.57 Å². The number of carbonyl (C=O) groups is 1. The lowest BCUT2D eigenvalue weighted by Crippen LogP contribution is -2.16. The van der Waals surface area contributed by atoms with Crippen molar-refractivity contribution in [3.8, 4) is 0 Å². The summed E-state index contributed by atoms with van der Waals surface area (Å²) in [4.78, 5) is 11.5. The lowest BCUT2D eigenvalue weighted by Gasteiger charge is -2.10. The van der Waals surface area contributed by atoms with Crippen LogP contribution in [-0.4, -0.2) is 20.5 Å². The topological polar surface area (TPSA) is 63.2 Å². The molecule has 2 aromatic carbocycles. The zero-order chi connectivity index (χ0) is 16.2. The van der Waals surface area contributed by atoms with Crippen LogP contribution in [0.3, 0.4) is 0 Å². The summed E-state index contributed by atoms with van der Waals surface area (Å²) in [5, 5.41) is 0. The van der Waals surface area contributed by atoms with Gasteiger partial charge in [-0.2, -0.15) is 0 Å². The van der Waals surface area contributed by atoms with Gasteiger partial charge in [-0.3, -0.25) is 9.52 Å². The van der Waals surface area contributed by atoms with E-state index in [9.17, 15) is 13.2 Å². The lowest BCUT2D eigenvalue weighted by atomic mass is 9.96. The first kappa shape index (κ1) is 16.0. The molecule has 0 fully saturated rings. The van der Waals surface area contributed by atoms with Crippen LogP contribution in [0.5, 0.6) is 0 Å². The van der Waals surface area contributed by atoms with Crippen molar-refractivity contribution in [3.05, 3.63) is 77.5 Å². The van der Waals surface area contributed by atoms with Gasteiger partial charge in [-0.25, -0.2) is 8.42 Å². The highest BCUT2D eigenvalue weighted by atomic mass is 32.2. The summed E-state index contributed by atoms with van der Waals surface area (Å²) in [6, 6.07) is 16.5. The molecule has 0 bridgehead atoms. The fourth-order valence-corrected chi connectivity index (χ4v) is 2.35. The van der Waals surface area contributed by atoms with Gasteiger partial charge in [-0.15, -0.1) is 0 Å². The Balaban J connectivity index is 2.54. The predicted molar refractivity (Wildman–Crippen MR) is 87.9 cm³/mol. The number of nitrogens with one attached hydrogen (secondary N) is 1. The molecule has 0 spiro atoms. The van der Waals surface area contributed by atoms with E-state index in [2.05, 4.69) is 4.72 Å². The summed E-state index contributed by atoms with van der Waals surface area (Å²) in [5.41, 5.74) is 2.92. The second kappa shape index (κ2) is 6.58. The van der Waals surface area contributed by atoms with E-state index < -0.39 is 10.0 Å². The average Bonchev–Trinajstić information content (AvgIpc) is 2.48. The molecular formula is C17H17NO3S. The average molecular weight is 315 g/mol. The van der Waals surface area contributed by atoms with Crippen LogP contribution in [0.1, 0.15) is 28.4 Å². The van der Waals surface area contributed by atoms with E-state index in [1.54, 1.807) is 18.2 Å². The van der Waals surface area contributed by atoms with Gasteiger partial charge in [0.15, 0.2) is 5.78 Å². The van der Waals surface area contributed by atoms with E-state index in [0.717, 1.165) is 17.4 Å². The smallest absolute Gasteiger partial charge is 0.229 e. The molecule has 0 heterocycles. The third-order valence-electron chi connectivity index (χ3n) is 3.08. The minimum absolute atomic E-state index is 0.0367. The maximum Gasteiger partial charge on any atom is 0.229 e. The molecule has 0 saturated carbocycles. The van der Waals surface area contributed by atoms with E-state index in [1.165, 1.54) is 13.1 Å². The molecule has 2 aromatic rings. The van der Waals surface area contributed by atoms with Crippen molar-refractivity contribution in [3.63, 3.8) is 0 Å². The van der Waals surface area contributed by atoms with Crippen molar-refractivity contribution < 1.29 is 13.2 Å². The number of rotatable bonds is 5. The number of hydrogen-bond donors (Lipinski definition) is 1. The summed E-state index contributed by atoms with van der Waals surface area (Å²) in [6.07, 6.45) is 2.54. The number of benzene rings is 2. The van der Waals surface area contributed by atoms with E-state index in [0.29, 0.717) is 11.1 Å². The van der Waals surface area contributed by atoms with E-state index >= 15 is 0 Å². The highest BCUT2D eigenvalue weighted by molar-refractivity contribution is 7.88. The van der Waals surface area contributed by atoms with Crippen LogP contribution < -0.4 is 4.72 Å².